The molecule has 0 saturated carbocycles. The van der Waals surface area contributed by atoms with Gasteiger partial charge >= 0.3 is 12.1 Å². The van der Waals surface area contributed by atoms with Gasteiger partial charge in [0.25, 0.3) is 0 Å². The lowest BCUT2D eigenvalue weighted by Crippen LogP contribution is -2.56. The van der Waals surface area contributed by atoms with Crippen molar-refractivity contribution in [2.75, 3.05) is 6.61 Å². The molecule has 2 rings (SSSR count). The highest BCUT2D eigenvalue weighted by Crippen LogP contribution is 2.45. The number of alkyl halides is 3. The van der Waals surface area contributed by atoms with E-state index in [-0.39, 0.29) is 12.2 Å². The molecule has 0 radical (unpaired) electrons. The van der Waals surface area contributed by atoms with Crippen LogP contribution in [0.2, 0.25) is 0 Å². The van der Waals surface area contributed by atoms with Gasteiger partial charge in [-0.2, -0.15) is 13.2 Å². The number of halogens is 3. The number of rotatable bonds is 15. The number of Topliss-reactive ketones (excluding diaryl/α,β-unsaturated/α-hetero) is 1. The lowest BCUT2D eigenvalue weighted by atomic mass is 9.73. The third-order valence-corrected chi connectivity index (χ3v) is 6.05. The molecule has 0 aliphatic carbocycles. The van der Waals surface area contributed by atoms with Gasteiger partial charge in [0, 0.05) is 5.56 Å². The van der Waals surface area contributed by atoms with Gasteiger partial charge in [-0.3, -0.25) is 14.2 Å². The van der Waals surface area contributed by atoms with Gasteiger partial charge in [0.15, 0.2) is 5.78 Å². The van der Waals surface area contributed by atoms with Crippen molar-refractivity contribution in [3.63, 3.8) is 0 Å². The Kier molecular flexibility index (Phi) is 14.9. The van der Waals surface area contributed by atoms with E-state index in [1.807, 2.05) is 0 Å². The maximum absolute atomic E-state index is 14.6. The minimum Gasteiger partial charge on any atom is -0.464 e. The van der Waals surface area contributed by atoms with E-state index in [2.05, 4.69) is 6.92 Å². The molecule has 198 valence electrons. The van der Waals surface area contributed by atoms with Crippen LogP contribution >= 0.6 is 9.12 Å². The molecular formula is C28H36F3O4P. The summed E-state index contributed by atoms with van der Waals surface area (Å²) in [5.41, 5.74) is -4.04. The number of carbonyl (C=O) groups is 2. The lowest BCUT2D eigenvalue weighted by Gasteiger charge is -2.32. The normalized spacial score (nSPS) is 12.7. The van der Waals surface area contributed by atoms with Crippen molar-refractivity contribution >= 4 is 20.9 Å². The second-order valence-corrected chi connectivity index (χ2v) is 8.63. The predicted molar refractivity (Wildman–Crippen MR) is 137 cm³/mol. The maximum Gasteiger partial charge on any atom is 0.416 e. The quantitative estimate of drug-likeness (QED) is 0.0773. The molecule has 0 fully saturated rings. The van der Waals surface area contributed by atoms with Crippen molar-refractivity contribution in [3.8, 4) is 0 Å². The summed E-state index contributed by atoms with van der Waals surface area (Å²) in [5.74, 6) is -2.91. The fourth-order valence-electron chi connectivity index (χ4n) is 4.11. The fourth-order valence-corrected chi connectivity index (χ4v) is 4.11. The monoisotopic (exact) mass is 524 g/mol. The Balaban J connectivity index is 0.00000316. The first kappa shape index (κ1) is 31.5. The summed E-state index contributed by atoms with van der Waals surface area (Å²) in [7, 11) is 1.72. The number of benzene rings is 2. The first-order chi connectivity index (χ1) is 17.4. The zero-order valence-electron chi connectivity index (χ0n) is 20.8. The zero-order chi connectivity index (χ0) is 26.9. The number of ether oxygens (including phenoxy) is 1. The van der Waals surface area contributed by atoms with Gasteiger partial charge in [0.05, 0.1) is 6.61 Å². The van der Waals surface area contributed by atoms with Crippen LogP contribution in [-0.2, 0) is 19.5 Å². The molecule has 0 bridgehead atoms. The van der Waals surface area contributed by atoms with Crippen molar-refractivity contribution in [1.29, 1.82) is 0 Å². The Morgan fingerprint density at radius 2 is 1.17 bits per heavy atom. The third kappa shape index (κ3) is 8.85. The second kappa shape index (κ2) is 17.0. The van der Waals surface area contributed by atoms with Crippen LogP contribution in [0.5, 0.6) is 0 Å². The van der Waals surface area contributed by atoms with Crippen LogP contribution in [0.25, 0.3) is 0 Å². The molecular weight excluding hydrogens is 488 g/mol. The Hall–Kier alpha value is -2.53. The number of carbonyl (C=O) groups excluding carboxylic acids is 2. The molecule has 0 amide bonds. The van der Waals surface area contributed by atoms with Gasteiger partial charge in [-0.25, -0.2) is 0 Å². The molecule has 1 atom stereocenters. The molecule has 0 aliphatic heterocycles. The first-order valence-electron chi connectivity index (χ1n) is 12.5. The summed E-state index contributed by atoms with van der Waals surface area (Å²) in [6.07, 6.45) is 5.37. The van der Waals surface area contributed by atoms with E-state index in [4.69, 9.17) is 9.30 Å². The van der Waals surface area contributed by atoms with Gasteiger partial charge < -0.3 is 4.74 Å². The van der Waals surface area contributed by atoms with E-state index >= 15 is 0 Å². The molecule has 1 unspecified atom stereocenters. The lowest BCUT2D eigenvalue weighted by molar-refractivity contribution is -0.197. The minimum atomic E-state index is -5.17. The Labute approximate surface area is 214 Å². The Morgan fingerprint density at radius 3 is 1.64 bits per heavy atom. The average molecular weight is 525 g/mol. The van der Waals surface area contributed by atoms with E-state index in [0.717, 1.165) is 37.8 Å². The summed E-state index contributed by atoms with van der Waals surface area (Å²) in [5, 5.41) is 0. The summed E-state index contributed by atoms with van der Waals surface area (Å²) in [4.78, 5) is 26.3. The predicted octanol–water partition coefficient (Wildman–Crippen LogP) is 8.31. The maximum atomic E-state index is 14.6. The average Bonchev–Trinajstić information content (AvgIpc) is 2.89. The summed E-state index contributed by atoms with van der Waals surface area (Å²) in [6.45, 7) is 2.03. The number of esters is 1. The Morgan fingerprint density at radius 1 is 0.722 bits per heavy atom. The second-order valence-electron chi connectivity index (χ2n) is 8.63. The first-order valence-corrected chi connectivity index (χ1v) is 12.9. The standard InChI is InChI=1S/C28H35F3O3.HOP/c1-2-3-4-5-6-7-8-9-10-17-22-34-26(33)27(28(29,30)31,24-20-15-12-16-21-24)25(32)23-18-13-11-14-19-23;1-2/h11-16,18-21H,2-10,17,22H2,1H3;2H. The molecule has 2 aromatic rings. The van der Waals surface area contributed by atoms with Crippen LogP contribution < -0.4 is 0 Å². The number of hydrogen-bond donors (Lipinski definition) is 0. The highest BCUT2D eigenvalue weighted by Gasteiger charge is 2.67. The van der Waals surface area contributed by atoms with Gasteiger partial charge in [0.1, 0.15) is 9.12 Å². The SMILES string of the molecule is CCCCCCCCCCCCOC(=O)C(C(=O)c1ccccc1)(c1ccccc1)C(F)(F)F.O=P. The largest absolute Gasteiger partial charge is 0.464 e. The van der Waals surface area contributed by atoms with Crippen LogP contribution in [-0.4, -0.2) is 24.5 Å². The van der Waals surface area contributed by atoms with Crippen molar-refractivity contribution in [1.82, 2.24) is 0 Å². The van der Waals surface area contributed by atoms with Crippen LogP contribution in [0.3, 0.4) is 0 Å². The van der Waals surface area contributed by atoms with Crippen molar-refractivity contribution in [3.05, 3.63) is 71.8 Å². The van der Waals surface area contributed by atoms with Crippen molar-refractivity contribution in [2.24, 2.45) is 0 Å². The highest BCUT2D eigenvalue weighted by atomic mass is 31.0. The van der Waals surface area contributed by atoms with Crippen LogP contribution in [0.4, 0.5) is 13.2 Å². The fraction of sp³-hybridized carbons (Fsp3) is 0.500. The minimum absolute atomic E-state index is 0.151. The molecule has 36 heavy (non-hydrogen) atoms. The van der Waals surface area contributed by atoms with E-state index in [1.54, 1.807) is 15.2 Å². The number of unbranched alkanes of at least 4 members (excludes halogenated alkanes) is 9. The van der Waals surface area contributed by atoms with E-state index in [0.29, 0.717) is 6.42 Å². The molecule has 0 aliphatic rings. The highest BCUT2D eigenvalue weighted by molar-refractivity contribution is 7.00. The third-order valence-electron chi connectivity index (χ3n) is 6.05. The van der Waals surface area contributed by atoms with E-state index in [1.165, 1.54) is 74.6 Å². The van der Waals surface area contributed by atoms with Gasteiger partial charge in [-0.15, -0.1) is 0 Å². The van der Waals surface area contributed by atoms with E-state index in [9.17, 15) is 22.8 Å². The van der Waals surface area contributed by atoms with Crippen molar-refractivity contribution in [2.45, 2.75) is 82.7 Å². The molecule has 0 aromatic heterocycles. The molecule has 4 nitrogen and oxygen atoms in total. The van der Waals surface area contributed by atoms with Crippen molar-refractivity contribution < 1.29 is 32.1 Å². The zero-order valence-corrected chi connectivity index (χ0v) is 21.8. The molecule has 0 saturated heterocycles. The Bertz CT molecular complexity index is 891. The number of ketones is 1. The van der Waals surface area contributed by atoms with E-state index < -0.39 is 28.9 Å². The van der Waals surface area contributed by atoms with Crippen LogP contribution in [0.1, 0.15) is 87.1 Å². The van der Waals surface area contributed by atoms with Gasteiger partial charge in [-0.1, -0.05) is 125 Å². The molecule has 8 heteroatoms. The molecule has 0 N–H and O–H groups in total. The van der Waals surface area contributed by atoms with Crippen LogP contribution in [0, 0.1) is 0 Å². The topological polar surface area (TPSA) is 60.4 Å². The smallest absolute Gasteiger partial charge is 0.416 e. The summed E-state index contributed by atoms with van der Waals surface area (Å²) in [6, 6.07) is 13.7. The van der Waals surface area contributed by atoms with Gasteiger partial charge in [0.2, 0.25) is 5.41 Å². The van der Waals surface area contributed by atoms with Crippen LogP contribution in [0.15, 0.2) is 60.7 Å². The number of hydrogen-bond acceptors (Lipinski definition) is 4. The molecule has 0 spiro atoms. The molecule has 2 aromatic carbocycles. The van der Waals surface area contributed by atoms with Gasteiger partial charge in [-0.05, 0) is 12.0 Å². The molecule has 0 heterocycles. The summed E-state index contributed by atoms with van der Waals surface area (Å²) < 4.78 is 56.8. The summed E-state index contributed by atoms with van der Waals surface area (Å²) >= 11 is 0.